The van der Waals surface area contributed by atoms with Gasteiger partial charge in [-0.15, -0.1) is 6.58 Å². The lowest BCUT2D eigenvalue weighted by atomic mass is 10.00. The Morgan fingerprint density at radius 2 is 1.28 bits per heavy atom. The van der Waals surface area contributed by atoms with E-state index < -0.39 is 11.8 Å². The van der Waals surface area contributed by atoms with E-state index in [-0.39, 0.29) is 11.3 Å². The number of esters is 1. The zero-order valence-corrected chi connectivity index (χ0v) is 18.4. The fraction of sp³-hybridized carbons (Fsp3) is 0.111. The van der Waals surface area contributed by atoms with Gasteiger partial charge in [-0.05, 0) is 61.7 Å². The van der Waals surface area contributed by atoms with E-state index in [1.807, 2.05) is 50.2 Å². The van der Waals surface area contributed by atoms with Crippen molar-refractivity contribution in [2.75, 3.05) is 0 Å². The average molecular weight is 432 g/mol. The first kappa shape index (κ1) is 24.3. The number of ether oxygens (including phenoxy) is 2. The molecule has 3 aromatic carbocycles. The van der Waals surface area contributed by atoms with E-state index >= 15 is 0 Å². The minimum absolute atomic E-state index is 0.128. The molecule has 0 bridgehead atoms. The fourth-order valence-electron chi connectivity index (χ4n) is 2.61. The van der Waals surface area contributed by atoms with Crippen LogP contribution in [0.4, 0.5) is 4.39 Å². The van der Waals surface area contributed by atoms with Crippen LogP contribution in [0.1, 0.15) is 20.8 Å². The molecule has 164 valence electrons. The number of benzene rings is 3. The Labute approximate surface area is 187 Å². The summed E-state index contributed by atoms with van der Waals surface area (Å²) in [5.74, 6) is -0.496. The lowest BCUT2D eigenvalue weighted by Gasteiger charge is -2.09. The molecular formula is C27H25FO4. The first-order valence-electron chi connectivity index (χ1n) is 9.81. The molecule has 0 saturated carbocycles. The highest BCUT2D eigenvalue weighted by Crippen LogP contribution is 2.29. The molecule has 0 aliphatic heterocycles. The standard InChI is InChI=1S/C23H17FO4.C4H8/c1-15(2)23(26)28-20-11-12-21(22(24)13-20)18-5-3-16(4-6-18)17-7-9-19(10-8-17)27-14-25;1-4(2)3/h3-14H,1H2,2H3;1H2,2-3H3. The summed E-state index contributed by atoms with van der Waals surface area (Å²) in [6.45, 7) is 12.9. The van der Waals surface area contributed by atoms with Crippen LogP contribution >= 0.6 is 0 Å². The smallest absolute Gasteiger partial charge is 0.338 e. The molecule has 0 heterocycles. The van der Waals surface area contributed by atoms with Gasteiger partial charge in [0.2, 0.25) is 0 Å². The third-order valence-corrected chi connectivity index (χ3v) is 4.07. The highest BCUT2D eigenvalue weighted by molar-refractivity contribution is 5.88. The quantitative estimate of drug-likeness (QED) is 0.142. The van der Waals surface area contributed by atoms with E-state index in [9.17, 15) is 14.0 Å². The summed E-state index contributed by atoms with van der Waals surface area (Å²) in [5, 5.41) is 0. The molecule has 32 heavy (non-hydrogen) atoms. The van der Waals surface area contributed by atoms with E-state index in [0.717, 1.165) is 11.1 Å². The van der Waals surface area contributed by atoms with Gasteiger partial charge < -0.3 is 9.47 Å². The molecule has 0 atom stereocenters. The first-order chi connectivity index (χ1) is 15.2. The predicted octanol–water partition coefficient (Wildman–Crippen LogP) is 6.76. The summed E-state index contributed by atoms with van der Waals surface area (Å²) < 4.78 is 24.3. The van der Waals surface area contributed by atoms with Crippen molar-refractivity contribution in [3.63, 3.8) is 0 Å². The van der Waals surface area contributed by atoms with Crippen LogP contribution in [0.25, 0.3) is 22.3 Å². The molecule has 0 N–H and O–H groups in total. The van der Waals surface area contributed by atoms with Crippen molar-refractivity contribution in [3.05, 3.63) is 96.9 Å². The maximum atomic E-state index is 14.5. The van der Waals surface area contributed by atoms with Crippen LogP contribution in [-0.2, 0) is 9.59 Å². The Balaban J connectivity index is 0.000000837. The van der Waals surface area contributed by atoms with Gasteiger partial charge in [-0.3, -0.25) is 4.79 Å². The molecule has 0 aliphatic carbocycles. The summed E-state index contributed by atoms with van der Waals surface area (Å²) in [5.41, 5.74) is 4.38. The SMILES string of the molecule is C=C(C)C.C=C(C)C(=O)Oc1ccc(-c2ccc(-c3ccc(OC=O)cc3)cc2)c(F)c1. The van der Waals surface area contributed by atoms with Gasteiger partial charge in [0.1, 0.15) is 17.3 Å². The predicted molar refractivity (Wildman–Crippen MR) is 125 cm³/mol. The topological polar surface area (TPSA) is 52.6 Å². The number of halogens is 1. The molecular weight excluding hydrogens is 407 g/mol. The Bertz CT molecular complexity index is 1110. The Kier molecular flexibility index (Phi) is 8.66. The maximum absolute atomic E-state index is 14.5. The molecule has 0 aliphatic rings. The van der Waals surface area contributed by atoms with Crippen LogP contribution in [0.15, 0.2) is 91.0 Å². The molecule has 0 amide bonds. The molecule has 0 radical (unpaired) electrons. The molecule has 0 spiro atoms. The number of allylic oxidation sites excluding steroid dienone is 1. The number of hydrogen-bond acceptors (Lipinski definition) is 4. The normalized spacial score (nSPS) is 9.75. The van der Waals surface area contributed by atoms with Gasteiger partial charge in [-0.2, -0.15) is 0 Å². The van der Waals surface area contributed by atoms with E-state index in [2.05, 4.69) is 13.2 Å². The Morgan fingerprint density at radius 1 is 0.812 bits per heavy atom. The van der Waals surface area contributed by atoms with Crippen molar-refractivity contribution in [3.8, 4) is 33.8 Å². The van der Waals surface area contributed by atoms with Crippen LogP contribution in [0, 0.1) is 5.82 Å². The van der Waals surface area contributed by atoms with Crippen LogP contribution in [0.5, 0.6) is 11.5 Å². The molecule has 3 rings (SSSR count). The van der Waals surface area contributed by atoms with Gasteiger partial charge in [-0.25, -0.2) is 9.18 Å². The second-order valence-electron chi connectivity index (χ2n) is 7.33. The van der Waals surface area contributed by atoms with E-state index in [0.29, 0.717) is 23.3 Å². The summed E-state index contributed by atoms with van der Waals surface area (Å²) in [6.07, 6.45) is 0. The molecule has 0 aromatic heterocycles. The maximum Gasteiger partial charge on any atom is 0.338 e. The molecule has 3 aromatic rings. The zero-order valence-electron chi connectivity index (χ0n) is 18.4. The van der Waals surface area contributed by atoms with Gasteiger partial charge in [0.05, 0.1) is 0 Å². The van der Waals surface area contributed by atoms with E-state index in [1.165, 1.54) is 18.6 Å². The van der Waals surface area contributed by atoms with Gasteiger partial charge in [0.25, 0.3) is 6.47 Å². The van der Waals surface area contributed by atoms with Gasteiger partial charge in [-0.1, -0.05) is 48.6 Å². The van der Waals surface area contributed by atoms with Crippen molar-refractivity contribution < 1.29 is 23.5 Å². The highest BCUT2D eigenvalue weighted by atomic mass is 19.1. The van der Waals surface area contributed by atoms with Crippen LogP contribution < -0.4 is 9.47 Å². The second-order valence-corrected chi connectivity index (χ2v) is 7.33. The highest BCUT2D eigenvalue weighted by Gasteiger charge is 2.10. The zero-order chi connectivity index (χ0) is 23.7. The van der Waals surface area contributed by atoms with Crippen molar-refractivity contribution in [1.29, 1.82) is 0 Å². The molecule has 5 heteroatoms. The second kappa shape index (κ2) is 11.4. The summed E-state index contributed by atoms with van der Waals surface area (Å²) in [4.78, 5) is 21.9. The third kappa shape index (κ3) is 7.06. The lowest BCUT2D eigenvalue weighted by molar-refractivity contribution is -0.130. The molecule has 4 nitrogen and oxygen atoms in total. The summed E-state index contributed by atoms with van der Waals surface area (Å²) in [6, 6.07) is 18.7. The molecule has 0 fully saturated rings. The summed E-state index contributed by atoms with van der Waals surface area (Å²) >= 11 is 0. The van der Waals surface area contributed by atoms with Crippen molar-refractivity contribution >= 4 is 12.4 Å². The number of hydrogen-bond donors (Lipinski definition) is 0. The minimum Gasteiger partial charge on any atom is -0.429 e. The number of carbonyl (C=O) groups is 2. The number of rotatable bonds is 6. The first-order valence-corrected chi connectivity index (χ1v) is 9.81. The van der Waals surface area contributed by atoms with E-state index in [4.69, 9.17) is 9.47 Å². The molecule has 0 saturated heterocycles. The lowest BCUT2D eigenvalue weighted by Crippen LogP contribution is -2.08. The van der Waals surface area contributed by atoms with Crippen molar-refractivity contribution in [2.45, 2.75) is 20.8 Å². The number of carbonyl (C=O) groups excluding carboxylic acids is 2. The van der Waals surface area contributed by atoms with Gasteiger partial charge in [0, 0.05) is 17.2 Å². The summed E-state index contributed by atoms with van der Waals surface area (Å²) in [7, 11) is 0. The van der Waals surface area contributed by atoms with Crippen LogP contribution in [-0.4, -0.2) is 12.4 Å². The minimum atomic E-state index is -0.596. The molecule has 0 unspecified atom stereocenters. The van der Waals surface area contributed by atoms with Gasteiger partial charge >= 0.3 is 5.97 Å². The fourth-order valence-corrected chi connectivity index (χ4v) is 2.61. The van der Waals surface area contributed by atoms with E-state index in [1.54, 1.807) is 24.3 Å². The third-order valence-electron chi connectivity index (χ3n) is 4.07. The van der Waals surface area contributed by atoms with Crippen LogP contribution in [0.2, 0.25) is 0 Å². The Hall–Kier alpha value is -3.99. The van der Waals surface area contributed by atoms with Crippen LogP contribution in [0.3, 0.4) is 0 Å². The van der Waals surface area contributed by atoms with Crippen molar-refractivity contribution in [2.24, 2.45) is 0 Å². The van der Waals surface area contributed by atoms with Gasteiger partial charge in [0.15, 0.2) is 0 Å². The van der Waals surface area contributed by atoms with Crippen molar-refractivity contribution in [1.82, 2.24) is 0 Å². The monoisotopic (exact) mass is 432 g/mol. The average Bonchev–Trinajstić information content (AvgIpc) is 2.74. The largest absolute Gasteiger partial charge is 0.429 e. The Morgan fingerprint density at radius 3 is 1.75 bits per heavy atom.